The van der Waals surface area contributed by atoms with Gasteiger partial charge in [-0.2, -0.15) is 0 Å². The number of carboxylic acid groups (broad SMARTS) is 1. The third-order valence-corrected chi connectivity index (χ3v) is 3.22. The van der Waals surface area contributed by atoms with Crippen LogP contribution in [0.4, 0.5) is 10.5 Å². The topological polar surface area (TPSA) is 98.7 Å². The Morgan fingerprint density at radius 2 is 1.90 bits per heavy atom. The van der Waals surface area contributed by atoms with Crippen LogP contribution in [-0.2, 0) is 0 Å². The lowest BCUT2D eigenvalue weighted by atomic mass is 9.98. The fourth-order valence-corrected chi connectivity index (χ4v) is 1.43. The highest BCUT2D eigenvalue weighted by Gasteiger charge is 2.12. The van der Waals surface area contributed by atoms with Gasteiger partial charge in [0.05, 0.1) is 11.3 Å². The molecule has 2 amide bonds. The second-order valence-electron chi connectivity index (χ2n) is 5.09. The third kappa shape index (κ3) is 4.46. The highest BCUT2D eigenvalue weighted by Crippen LogP contribution is 2.24. The zero-order chi connectivity index (χ0) is 15.3. The van der Waals surface area contributed by atoms with Crippen LogP contribution in [0.3, 0.4) is 0 Å². The lowest BCUT2D eigenvalue weighted by Crippen LogP contribution is -2.33. The molecule has 1 atom stereocenters. The van der Waals surface area contributed by atoms with Crippen molar-refractivity contribution in [2.24, 2.45) is 11.8 Å². The molecule has 20 heavy (non-hydrogen) atoms. The molecule has 1 unspecified atom stereocenters. The number of aromatic carboxylic acids is 1. The molecular weight excluding hydrogens is 260 g/mol. The van der Waals surface area contributed by atoms with E-state index in [1.54, 1.807) is 0 Å². The van der Waals surface area contributed by atoms with E-state index < -0.39 is 12.0 Å². The number of anilines is 1. The second kappa shape index (κ2) is 6.79. The first-order chi connectivity index (χ1) is 9.31. The van der Waals surface area contributed by atoms with Crippen LogP contribution in [0, 0.1) is 11.8 Å². The molecule has 0 aliphatic carbocycles. The summed E-state index contributed by atoms with van der Waals surface area (Å²) in [5.41, 5.74) is 0.131. The van der Waals surface area contributed by atoms with Gasteiger partial charge in [0, 0.05) is 6.54 Å². The summed E-state index contributed by atoms with van der Waals surface area (Å²) in [5, 5.41) is 23.6. The SMILES string of the molecule is CC(C)C(C)CNC(=O)Nc1ccc(C(=O)O)cc1O. The van der Waals surface area contributed by atoms with Crippen molar-refractivity contribution in [2.75, 3.05) is 11.9 Å². The van der Waals surface area contributed by atoms with Gasteiger partial charge in [0.1, 0.15) is 5.75 Å². The van der Waals surface area contributed by atoms with Crippen molar-refractivity contribution in [3.05, 3.63) is 23.8 Å². The first-order valence-electron chi connectivity index (χ1n) is 6.42. The molecule has 0 radical (unpaired) electrons. The number of carbonyl (C=O) groups is 2. The molecule has 0 aliphatic rings. The number of phenols is 1. The smallest absolute Gasteiger partial charge is 0.335 e. The molecule has 6 heteroatoms. The summed E-state index contributed by atoms with van der Waals surface area (Å²) < 4.78 is 0. The molecule has 0 bridgehead atoms. The van der Waals surface area contributed by atoms with Crippen LogP contribution in [0.1, 0.15) is 31.1 Å². The summed E-state index contributed by atoms with van der Waals surface area (Å²) >= 11 is 0. The Labute approximate surface area is 117 Å². The molecule has 1 aromatic rings. The Morgan fingerprint density at radius 1 is 1.25 bits per heavy atom. The first-order valence-corrected chi connectivity index (χ1v) is 6.42. The van der Waals surface area contributed by atoms with E-state index in [2.05, 4.69) is 24.5 Å². The van der Waals surface area contributed by atoms with E-state index in [9.17, 15) is 14.7 Å². The fourth-order valence-electron chi connectivity index (χ4n) is 1.43. The highest BCUT2D eigenvalue weighted by molar-refractivity contribution is 5.93. The van der Waals surface area contributed by atoms with Crippen LogP contribution in [-0.4, -0.2) is 28.8 Å². The maximum Gasteiger partial charge on any atom is 0.335 e. The summed E-state index contributed by atoms with van der Waals surface area (Å²) in [6.45, 7) is 6.70. The number of benzene rings is 1. The minimum absolute atomic E-state index is 0.0399. The lowest BCUT2D eigenvalue weighted by Gasteiger charge is -2.16. The van der Waals surface area contributed by atoms with Gasteiger partial charge >= 0.3 is 12.0 Å². The Bertz CT molecular complexity index is 500. The van der Waals surface area contributed by atoms with Gasteiger partial charge < -0.3 is 20.8 Å². The number of rotatable bonds is 5. The predicted molar refractivity (Wildman–Crippen MR) is 76.1 cm³/mol. The van der Waals surface area contributed by atoms with Crippen LogP contribution < -0.4 is 10.6 Å². The maximum absolute atomic E-state index is 11.7. The molecule has 0 aliphatic heterocycles. The van der Waals surface area contributed by atoms with Gasteiger partial charge in [-0.05, 0) is 30.0 Å². The lowest BCUT2D eigenvalue weighted by molar-refractivity contribution is 0.0696. The normalized spacial score (nSPS) is 12.0. The highest BCUT2D eigenvalue weighted by atomic mass is 16.4. The third-order valence-electron chi connectivity index (χ3n) is 3.22. The molecule has 0 heterocycles. The Balaban J connectivity index is 2.60. The van der Waals surface area contributed by atoms with Crippen molar-refractivity contribution < 1.29 is 19.8 Å². The molecule has 6 nitrogen and oxygen atoms in total. The van der Waals surface area contributed by atoms with Gasteiger partial charge in [0.2, 0.25) is 0 Å². The monoisotopic (exact) mass is 280 g/mol. The van der Waals surface area contributed by atoms with Crippen molar-refractivity contribution >= 4 is 17.7 Å². The summed E-state index contributed by atoms with van der Waals surface area (Å²) in [5.74, 6) is -0.624. The number of hydrogen-bond acceptors (Lipinski definition) is 3. The van der Waals surface area contributed by atoms with Crippen molar-refractivity contribution in [3.63, 3.8) is 0 Å². The average molecular weight is 280 g/mol. The number of hydrogen-bond donors (Lipinski definition) is 4. The molecule has 1 rings (SSSR count). The zero-order valence-corrected chi connectivity index (χ0v) is 11.8. The zero-order valence-electron chi connectivity index (χ0n) is 11.8. The quantitative estimate of drug-likeness (QED) is 0.623. The van der Waals surface area contributed by atoms with Crippen LogP contribution in [0.2, 0.25) is 0 Å². The molecule has 0 saturated heterocycles. The maximum atomic E-state index is 11.7. The van der Waals surface area contributed by atoms with Gasteiger partial charge in [-0.25, -0.2) is 9.59 Å². The standard InChI is InChI=1S/C14H20N2O4/c1-8(2)9(3)7-15-14(20)16-11-5-4-10(13(18)19)6-12(11)17/h4-6,8-9,17H,7H2,1-3H3,(H,18,19)(H2,15,16,20). The number of nitrogens with one attached hydrogen (secondary N) is 2. The van der Waals surface area contributed by atoms with E-state index in [4.69, 9.17) is 5.11 Å². The molecule has 0 spiro atoms. The predicted octanol–water partition coefficient (Wildman–Crippen LogP) is 2.50. The minimum atomic E-state index is -1.14. The van der Waals surface area contributed by atoms with E-state index in [0.717, 1.165) is 6.07 Å². The Morgan fingerprint density at radius 3 is 2.40 bits per heavy atom. The van der Waals surface area contributed by atoms with Gasteiger partial charge in [-0.15, -0.1) is 0 Å². The summed E-state index contributed by atoms with van der Waals surface area (Å²) in [7, 11) is 0. The first kappa shape index (κ1) is 15.8. The van der Waals surface area contributed by atoms with Crippen molar-refractivity contribution in [3.8, 4) is 5.75 Å². The van der Waals surface area contributed by atoms with Crippen LogP contribution in [0.25, 0.3) is 0 Å². The average Bonchev–Trinajstić information content (AvgIpc) is 2.37. The Kier molecular flexibility index (Phi) is 5.37. The van der Waals surface area contributed by atoms with Crippen LogP contribution in [0.5, 0.6) is 5.75 Å². The number of carboxylic acids is 1. The largest absolute Gasteiger partial charge is 0.506 e. The van der Waals surface area contributed by atoms with Gasteiger partial charge in [-0.3, -0.25) is 0 Å². The summed E-state index contributed by atoms with van der Waals surface area (Å²) in [6.07, 6.45) is 0. The second-order valence-corrected chi connectivity index (χ2v) is 5.09. The molecule has 0 fully saturated rings. The molecule has 110 valence electrons. The number of amides is 2. The van der Waals surface area contributed by atoms with Gasteiger partial charge in [-0.1, -0.05) is 20.8 Å². The number of carbonyl (C=O) groups excluding carboxylic acids is 1. The molecule has 0 saturated carbocycles. The fraction of sp³-hybridized carbons (Fsp3) is 0.429. The molecule has 1 aromatic carbocycles. The van der Waals surface area contributed by atoms with E-state index in [0.29, 0.717) is 18.4 Å². The van der Waals surface area contributed by atoms with Crippen molar-refractivity contribution in [1.82, 2.24) is 5.32 Å². The molecule has 0 aromatic heterocycles. The summed E-state index contributed by atoms with van der Waals surface area (Å²) in [6, 6.07) is 3.32. The van der Waals surface area contributed by atoms with Crippen molar-refractivity contribution in [1.29, 1.82) is 0 Å². The van der Waals surface area contributed by atoms with Gasteiger partial charge in [0.15, 0.2) is 0 Å². The molecule has 4 N–H and O–H groups in total. The Hall–Kier alpha value is -2.24. The summed E-state index contributed by atoms with van der Waals surface area (Å²) in [4.78, 5) is 22.4. The van der Waals surface area contributed by atoms with Crippen LogP contribution >= 0.6 is 0 Å². The van der Waals surface area contributed by atoms with Gasteiger partial charge in [0.25, 0.3) is 0 Å². The minimum Gasteiger partial charge on any atom is -0.506 e. The number of urea groups is 1. The van der Waals surface area contributed by atoms with Crippen molar-refractivity contribution in [2.45, 2.75) is 20.8 Å². The van der Waals surface area contributed by atoms with Crippen LogP contribution in [0.15, 0.2) is 18.2 Å². The van der Waals surface area contributed by atoms with E-state index in [1.165, 1.54) is 12.1 Å². The number of aromatic hydroxyl groups is 1. The van der Waals surface area contributed by atoms with E-state index in [1.807, 2.05) is 6.92 Å². The van der Waals surface area contributed by atoms with E-state index >= 15 is 0 Å². The number of phenolic OH excluding ortho intramolecular Hbond substituents is 1. The molecular formula is C14H20N2O4. The van der Waals surface area contributed by atoms with E-state index in [-0.39, 0.29) is 17.0 Å².